The van der Waals surface area contributed by atoms with Crippen molar-refractivity contribution in [2.75, 3.05) is 27.3 Å². The largest absolute Gasteiger partial charge is 0.497 e. The first-order valence-electron chi connectivity index (χ1n) is 5.90. The Balaban J connectivity index is 2.90. The van der Waals surface area contributed by atoms with Gasteiger partial charge in [0, 0.05) is 25.2 Å². The van der Waals surface area contributed by atoms with Gasteiger partial charge in [-0.2, -0.15) is 0 Å². The Morgan fingerprint density at radius 3 is 2.28 bits per heavy atom. The van der Waals surface area contributed by atoms with E-state index in [1.165, 1.54) is 0 Å². The van der Waals surface area contributed by atoms with Crippen molar-refractivity contribution in [1.29, 1.82) is 0 Å². The van der Waals surface area contributed by atoms with E-state index in [1.54, 1.807) is 14.2 Å². The minimum absolute atomic E-state index is 0.776. The summed E-state index contributed by atoms with van der Waals surface area (Å²) < 4.78 is 10.6. The van der Waals surface area contributed by atoms with E-state index < -0.39 is 0 Å². The van der Waals surface area contributed by atoms with Crippen molar-refractivity contribution in [2.24, 2.45) is 0 Å². The fourth-order valence-corrected chi connectivity index (χ4v) is 1.82. The van der Waals surface area contributed by atoms with Crippen LogP contribution < -0.4 is 9.47 Å². The van der Waals surface area contributed by atoms with Gasteiger partial charge in [-0.25, -0.2) is 0 Å². The van der Waals surface area contributed by atoms with Crippen molar-refractivity contribution in [1.82, 2.24) is 4.90 Å². The van der Waals surface area contributed by atoms with Crippen LogP contribution in [0.4, 0.5) is 0 Å². The average Bonchev–Trinajstić information content (AvgIpc) is 2.39. The van der Waals surface area contributed by atoms with Crippen LogP contribution in [0.5, 0.6) is 11.5 Å². The molecule has 0 atom stereocenters. The normalized spacial score (nSPS) is 10.2. The van der Waals surface area contributed by atoms with Crippen molar-refractivity contribution < 1.29 is 9.47 Å². The molecule has 1 aromatic rings. The second-order valence-electron chi connectivity index (χ2n) is 3.95. The molecule has 0 aliphatic carbocycles. The van der Waals surface area contributed by atoms with Gasteiger partial charge in [0.05, 0.1) is 14.2 Å². The average molecular weight is 247 g/mol. The van der Waals surface area contributed by atoms with Gasteiger partial charge < -0.3 is 9.47 Å². The summed E-state index contributed by atoms with van der Waals surface area (Å²) in [5, 5.41) is 0. The first-order chi connectivity index (χ1) is 8.74. The molecule has 3 heteroatoms. The molecule has 0 aliphatic heterocycles. The molecule has 0 aliphatic rings. The van der Waals surface area contributed by atoms with E-state index in [9.17, 15) is 0 Å². The molecule has 1 rings (SSSR count). The Morgan fingerprint density at radius 1 is 1.11 bits per heavy atom. The summed E-state index contributed by atoms with van der Waals surface area (Å²) >= 11 is 0. The van der Waals surface area contributed by atoms with Crippen molar-refractivity contribution in [2.45, 2.75) is 6.54 Å². The highest BCUT2D eigenvalue weighted by Gasteiger charge is 2.09. The molecule has 0 unspecified atom stereocenters. The second-order valence-corrected chi connectivity index (χ2v) is 3.95. The highest BCUT2D eigenvalue weighted by atomic mass is 16.5. The van der Waals surface area contributed by atoms with Gasteiger partial charge in [0.1, 0.15) is 11.5 Å². The van der Waals surface area contributed by atoms with Crippen molar-refractivity contribution in [3.8, 4) is 11.5 Å². The molecule has 1 aromatic carbocycles. The molecule has 0 saturated carbocycles. The van der Waals surface area contributed by atoms with Gasteiger partial charge in [-0.05, 0) is 18.2 Å². The summed E-state index contributed by atoms with van der Waals surface area (Å²) in [6.07, 6.45) is 3.77. The lowest BCUT2D eigenvalue weighted by atomic mass is 10.1. The van der Waals surface area contributed by atoms with E-state index in [4.69, 9.17) is 9.47 Å². The molecular weight excluding hydrogens is 226 g/mol. The molecule has 0 N–H and O–H groups in total. The second kappa shape index (κ2) is 7.56. The number of nitrogens with zero attached hydrogens (tertiary/aromatic N) is 1. The SMILES string of the molecule is C=CCN(CC=C)Cc1cc(OC)ccc1OC. The summed E-state index contributed by atoms with van der Waals surface area (Å²) in [4.78, 5) is 2.22. The van der Waals surface area contributed by atoms with Gasteiger partial charge in [-0.1, -0.05) is 12.2 Å². The maximum absolute atomic E-state index is 5.37. The van der Waals surface area contributed by atoms with E-state index in [1.807, 2.05) is 30.4 Å². The summed E-state index contributed by atoms with van der Waals surface area (Å²) in [6, 6.07) is 5.82. The Labute approximate surface area is 109 Å². The maximum atomic E-state index is 5.37. The van der Waals surface area contributed by atoms with E-state index in [0.717, 1.165) is 36.7 Å². The van der Waals surface area contributed by atoms with Gasteiger partial charge in [0.15, 0.2) is 0 Å². The summed E-state index contributed by atoms with van der Waals surface area (Å²) in [5.74, 6) is 1.71. The number of methoxy groups -OCH3 is 2. The Hall–Kier alpha value is -1.74. The molecule has 0 fully saturated rings. The molecular formula is C15H21NO2. The van der Waals surface area contributed by atoms with Crippen molar-refractivity contribution in [3.63, 3.8) is 0 Å². The third-order valence-electron chi connectivity index (χ3n) is 2.66. The molecule has 98 valence electrons. The van der Waals surface area contributed by atoms with E-state index >= 15 is 0 Å². The molecule has 0 heterocycles. The molecule has 18 heavy (non-hydrogen) atoms. The topological polar surface area (TPSA) is 21.7 Å². The lowest BCUT2D eigenvalue weighted by Gasteiger charge is -2.20. The van der Waals surface area contributed by atoms with Crippen LogP contribution in [0, 0.1) is 0 Å². The standard InChI is InChI=1S/C15H21NO2/c1-5-9-16(10-6-2)12-13-11-14(17-3)7-8-15(13)18-4/h5-8,11H,1-2,9-10,12H2,3-4H3. The number of hydrogen-bond donors (Lipinski definition) is 0. The van der Waals surface area contributed by atoms with Gasteiger partial charge in [0.25, 0.3) is 0 Å². The highest BCUT2D eigenvalue weighted by molar-refractivity contribution is 5.40. The zero-order valence-corrected chi connectivity index (χ0v) is 11.2. The number of benzene rings is 1. The Kier molecular flexibility index (Phi) is 6.01. The predicted molar refractivity (Wildman–Crippen MR) is 75.2 cm³/mol. The van der Waals surface area contributed by atoms with Crippen LogP contribution in [0.2, 0.25) is 0 Å². The lowest BCUT2D eigenvalue weighted by molar-refractivity contribution is 0.316. The first-order valence-corrected chi connectivity index (χ1v) is 5.90. The van der Waals surface area contributed by atoms with Crippen LogP contribution in [0.25, 0.3) is 0 Å². The van der Waals surface area contributed by atoms with Crippen LogP contribution in [-0.4, -0.2) is 32.2 Å². The third-order valence-corrected chi connectivity index (χ3v) is 2.66. The van der Waals surface area contributed by atoms with Crippen LogP contribution in [0.1, 0.15) is 5.56 Å². The zero-order chi connectivity index (χ0) is 13.4. The molecule has 0 spiro atoms. The molecule has 0 radical (unpaired) electrons. The molecule has 0 saturated heterocycles. The number of hydrogen-bond acceptors (Lipinski definition) is 3. The van der Waals surface area contributed by atoms with Crippen LogP contribution in [0.15, 0.2) is 43.5 Å². The first kappa shape index (κ1) is 14.3. The maximum Gasteiger partial charge on any atom is 0.123 e. The van der Waals surface area contributed by atoms with Crippen LogP contribution in [-0.2, 0) is 6.54 Å². The predicted octanol–water partition coefficient (Wildman–Crippen LogP) is 2.88. The van der Waals surface area contributed by atoms with E-state index in [2.05, 4.69) is 18.1 Å². The quantitative estimate of drug-likeness (QED) is 0.659. The summed E-state index contributed by atoms with van der Waals surface area (Å²) in [7, 11) is 3.34. The smallest absolute Gasteiger partial charge is 0.123 e. The third kappa shape index (κ3) is 3.93. The fourth-order valence-electron chi connectivity index (χ4n) is 1.82. The molecule has 0 bridgehead atoms. The van der Waals surface area contributed by atoms with Crippen LogP contribution >= 0.6 is 0 Å². The Bertz CT molecular complexity index is 391. The Morgan fingerprint density at radius 2 is 1.78 bits per heavy atom. The van der Waals surface area contributed by atoms with Crippen molar-refractivity contribution >= 4 is 0 Å². The van der Waals surface area contributed by atoms with Crippen LogP contribution in [0.3, 0.4) is 0 Å². The molecule has 3 nitrogen and oxygen atoms in total. The minimum atomic E-state index is 0.776. The van der Waals surface area contributed by atoms with E-state index in [-0.39, 0.29) is 0 Å². The van der Waals surface area contributed by atoms with Gasteiger partial charge in [0.2, 0.25) is 0 Å². The summed E-state index contributed by atoms with van der Waals surface area (Å²) in [6.45, 7) is 9.94. The monoisotopic (exact) mass is 247 g/mol. The number of ether oxygens (including phenoxy) is 2. The lowest BCUT2D eigenvalue weighted by Crippen LogP contribution is -2.23. The van der Waals surface area contributed by atoms with Gasteiger partial charge in [-0.15, -0.1) is 13.2 Å². The summed E-state index contributed by atoms with van der Waals surface area (Å²) in [5.41, 5.74) is 1.10. The van der Waals surface area contributed by atoms with Gasteiger partial charge >= 0.3 is 0 Å². The fraction of sp³-hybridized carbons (Fsp3) is 0.333. The number of rotatable bonds is 8. The van der Waals surface area contributed by atoms with E-state index in [0.29, 0.717) is 0 Å². The molecule has 0 amide bonds. The van der Waals surface area contributed by atoms with Gasteiger partial charge in [-0.3, -0.25) is 4.90 Å². The minimum Gasteiger partial charge on any atom is -0.497 e. The highest BCUT2D eigenvalue weighted by Crippen LogP contribution is 2.25. The van der Waals surface area contributed by atoms with Crippen molar-refractivity contribution in [3.05, 3.63) is 49.1 Å². The zero-order valence-electron chi connectivity index (χ0n) is 11.2. The molecule has 0 aromatic heterocycles.